The number of piperazine rings is 1. The molecule has 1 heterocycles. The van der Waals surface area contributed by atoms with Gasteiger partial charge in [0.2, 0.25) is 5.91 Å². The van der Waals surface area contributed by atoms with Gasteiger partial charge in [-0.2, -0.15) is 0 Å². The molecule has 118 valence electrons. The third-order valence-electron chi connectivity index (χ3n) is 4.10. The lowest BCUT2D eigenvalue weighted by Gasteiger charge is -2.33. The lowest BCUT2D eigenvalue weighted by atomic mass is 10.2. The van der Waals surface area contributed by atoms with Crippen LogP contribution in [-0.4, -0.2) is 77.6 Å². The van der Waals surface area contributed by atoms with Crippen molar-refractivity contribution in [2.75, 3.05) is 26.7 Å². The van der Waals surface area contributed by atoms with Gasteiger partial charge in [0, 0.05) is 25.2 Å². The number of carboxylic acids is 1. The van der Waals surface area contributed by atoms with Crippen LogP contribution in [0.3, 0.4) is 0 Å². The molecule has 8 nitrogen and oxygen atoms in total. The monoisotopic (exact) mass is 298 g/mol. The Hall–Kier alpha value is -1.83. The van der Waals surface area contributed by atoms with E-state index in [0.29, 0.717) is 12.6 Å². The molecule has 21 heavy (non-hydrogen) atoms. The summed E-state index contributed by atoms with van der Waals surface area (Å²) in [4.78, 5) is 37.9. The minimum Gasteiger partial charge on any atom is -0.480 e. The van der Waals surface area contributed by atoms with Crippen LogP contribution in [0.5, 0.6) is 0 Å². The maximum absolute atomic E-state index is 12.1. The van der Waals surface area contributed by atoms with Gasteiger partial charge in [-0.3, -0.25) is 14.6 Å². The van der Waals surface area contributed by atoms with Crippen LogP contribution in [0.2, 0.25) is 0 Å². The van der Waals surface area contributed by atoms with Crippen LogP contribution in [0.1, 0.15) is 19.8 Å². The summed E-state index contributed by atoms with van der Waals surface area (Å²) in [5.41, 5.74) is 0. The largest absolute Gasteiger partial charge is 0.480 e. The van der Waals surface area contributed by atoms with Crippen molar-refractivity contribution in [3.05, 3.63) is 0 Å². The molecule has 0 aromatic rings. The molecule has 0 aromatic carbocycles. The average molecular weight is 298 g/mol. The van der Waals surface area contributed by atoms with Crippen LogP contribution in [0.4, 0.5) is 4.79 Å². The van der Waals surface area contributed by atoms with Crippen molar-refractivity contribution in [3.8, 4) is 0 Å². The minimum atomic E-state index is -1.12. The van der Waals surface area contributed by atoms with E-state index in [1.165, 1.54) is 12.8 Å². The van der Waals surface area contributed by atoms with Crippen LogP contribution < -0.4 is 10.6 Å². The molecule has 0 radical (unpaired) electrons. The maximum Gasteiger partial charge on any atom is 0.328 e. The quantitative estimate of drug-likeness (QED) is 0.608. The first-order valence-electron chi connectivity index (χ1n) is 7.16. The molecule has 1 aliphatic heterocycles. The Balaban J connectivity index is 1.87. The number of carbonyl (C=O) groups excluding carboxylic acids is 2. The number of hydrogen-bond acceptors (Lipinski definition) is 4. The van der Waals surface area contributed by atoms with Crippen molar-refractivity contribution >= 4 is 17.9 Å². The van der Waals surface area contributed by atoms with Crippen molar-refractivity contribution in [3.63, 3.8) is 0 Å². The number of carbonyl (C=O) groups is 3. The molecular formula is C13H22N4O4. The van der Waals surface area contributed by atoms with Gasteiger partial charge in [0.1, 0.15) is 12.6 Å². The number of nitrogens with zero attached hydrogens (tertiary/aromatic N) is 2. The highest BCUT2D eigenvalue weighted by Gasteiger charge is 2.35. The van der Waals surface area contributed by atoms with E-state index in [1.807, 2.05) is 14.0 Å². The molecule has 2 fully saturated rings. The van der Waals surface area contributed by atoms with Gasteiger partial charge in [-0.25, -0.2) is 9.59 Å². The van der Waals surface area contributed by atoms with Gasteiger partial charge in [0.25, 0.3) is 0 Å². The van der Waals surface area contributed by atoms with E-state index in [1.54, 1.807) is 0 Å². The van der Waals surface area contributed by atoms with Gasteiger partial charge in [0.05, 0.1) is 0 Å². The molecule has 8 heteroatoms. The van der Waals surface area contributed by atoms with Crippen LogP contribution in [0.15, 0.2) is 0 Å². The van der Waals surface area contributed by atoms with E-state index >= 15 is 0 Å². The Morgan fingerprint density at radius 1 is 1.52 bits per heavy atom. The van der Waals surface area contributed by atoms with Gasteiger partial charge in [0.15, 0.2) is 0 Å². The summed E-state index contributed by atoms with van der Waals surface area (Å²) >= 11 is 0. The third-order valence-corrected chi connectivity index (χ3v) is 4.10. The zero-order chi connectivity index (χ0) is 15.6. The number of nitrogens with one attached hydrogen (secondary N) is 2. The highest BCUT2D eigenvalue weighted by atomic mass is 16.4. The van der Waals surface area contributed by atoms with Crippen molar-refractivity contribution in [1.29, 1.82) is 0 Å². The molecule has 1 saturated heterocycles. The van der Waals surface area contributed by atoms with Crippen molar-refractivity contribution in [1.82, 2.24) is 20.4 Å². The summed E-state index contributed by atoms with van der Waals surface area (Å²) in [6.45, 7) is 2.15. The van der Waals surface area contributed by atoms with Crippen molar-refractivity contribution in [2.45, 2.75) is 37.9 Å². The van der Waals surface area contributed by atoms with Crippen LogP contribution >= 0.6 is 0 Å². The van der Waals surface area contributed by atoms with Gasteiger partial charge < -0.3 is 15.7 Å². The van der Waals surface area contributed by atoms with E-state index in [4.69, 9.17) is 5.11 Å². The summed E-state index contributed by atoms with van der Waals surface area (Å²) in [6.07, 6.45) is 2.37. The Morgan fingerprint density at radius 3 is 2.76 bits per heavy atom. The normalized spacial score (nSPS) is 23.7. The highest BCUT2D eigenvalue weighted by Crippen LogP contribution is 2.26. The fraction of sp³-hybridized carbons (Fsp3) is 0.769. The molecule has 3 N–H and O–H groups in total. The zero-order valence-electron chi connectivity index (χ0n) is 12.3. The van der Waals surface area contributed by atoms with Gasteiger partial charge in [-0.05, 0) is 26.8 Å². The van der Waals surface area contributed by atoms with Crippen molar-refractivity contribution in [2.24, 2.45) is 0 Å². The number of amides is 3. The second-order valence-corrected chi connectivity index (χ2v) is 5.72. The molecule has 0 aromatic heterocycles. The Bertz CT molecular complexity index is 438. The van der Waals surface area contributed by atoms with E-state index in [9.17, 15) is 14.4 Å². The highest BCUT2D eigenvalue weighted by molar-refractivity contribution is 5.90. The molecule has 0 bridgehead atoms. The predicted octanol–water partition coefficient (Wildman–Crippen LogP) is -0.936. The lowest BCUT2D eigenvalue weighted by Crippen LogP contribution is -2.61. The Labute approximate surface area is 123 Å². The number of aliphatic carboxylic acids is 1. The Morgan fingerprint density at radius 2 is 2.19 bits per heavy atom. The first-order valence-corrected chi connectivity index (χ1v) is 7.16. The molecular weight excluding hydrogens is 276 g/mol. The molecule has 2 unspecified atom stereocenters. The van der Waals surface area contributed by atoms with Crippen LogP contribution in [0.25, 0.3) is 0 Å². The second-order valence-electron chi connectivity index (χ2n) is 5.72. The standard InChI is InChI=1S/C13H22N4O4/c1-8(16(2)9-3-4-9)5-15-13(21)17-7-11(18)14-6-10(17)12(19)20/h8-10H,3-7H2,1-2H3,(H,14,18)(H,15,21)(H,19,20). The smallest absolute Gasteiger partial charge is 0.328 e. The summed E-state index contributed by atoms with van der Waals surface area (Å²) < 4.78 is 0. The van der Waals surface area contributed by atoms with Gasteiger partial charge >= 0.3 is 12.0 Å². The molecule has 1 saturated carbocycles. The number of carboxylic acid groups (broad SMARTS) is 1. The number of urea groups is 1. The lowest BCUT2D eigenvalue weighted by molar-refractivity contribution is -0.144. The second kappa shape index (κ2) is 6.30. The minimum absolute atomic E-state index is 0.0564. The van der Waals surface area contributed by atoms with E-state index in [0.717, 1.165) is 4.90 Å². The van der Waals surface area contributed by atoms with E-state index < -0.39 is 18.0 Å². The molecule has 2 atom stereocenters. The molecule has 3 amide bonds. The number of likely N-dealkylation sites (N-methyl/N-ethyl adjacent to an activating group) is 1. The fourth-order valence-electron chi connectivity index (χ4n) is 2.40. The average Bonchev–Trinajstić information content (AvgIpc) is 3.27. The SMILES string of the molecule is CC(CNC(=O)N1CC(=O)NCC1C(=O)O)N(C)C1CC1. The van der Waals surface area contributed by atoms with Crippen LogP contribution in [-0.2, 0) is 9.59 Å². The van der Waals surface area contributed by atoms with Crippen molar-refractivity contribution < 1.29 is 19.5 Å². The summed E-state index contributed by atoms with van der Waals surface area (Å²) in [5.74, 6) is -1.46. The third kappa shape index (κ3) is 3.84. The summed E-state index contributed by atoms with van der Waals surface area (Å²) in [7, 11) is 2.02. The summed E-state index contributed by atoms with van der Waals surface area (Å²) in [6, 6.07) is -0.764. The topological polar surface area (TPSA) is 102 Å². The first-order chi connectivity index (χ1) is 9.90. The van der Waals surface area contributed by atoms with Gasteiger partial charge in [-0.15, -0.1) is 0 Å². The molecule has 2 aliphatic rings. The van der Waals surface area contributed by atoms with E-state index in [-0.39, 0.29) is 25.0 Å². The Kier molecular flexibility index (Phi) is 4.66. The predicted molar refractivity (Wildman–Crippen MR) is 74.8 cm³/mol. The molecule has 2 rings (SSSR count). The maximum atomic E-state index is 12.1. The van der Waals surface area contributed by atoms with Crippen LogP contribution in [0, 0.1) is 0 Å². The molecule has 0 spiro atoms. The van der Waals surface area contributed by atoms with E-state index in [2.05, 4.69) is 15.5 Å². The number of hydrogen-bond donors (Lipinski definition) is 3. The first kappa shape index (κ1) is 15.6. The fourth-order valence-corrected chi connectivity index (χ4v) is 2.40. The number of rotatable bonds is 5. The van der Waals surface area contributed by atoms with Gasteiger partial charge in [-0.1, -0.05) is 0 Å². The summed E-state index contributed by atoms with van der Waals surface area (Å²) in [5, 5.41) is 14.3. The molecule has 1 aliphatic carbocycles. The zero-order valence-corrected chi connectivity index (χ0v) is 12.3.